The average molecular weight is 307 g/mol. The molecule has 2 rings (SSSR count). The van der Waals surface area contributed by atoms with E-state index in [1.54, 1.807) is 30.0 Å². The summed E-state index contributed by atoms with van der Waals surface area (Å²) in [6.45, 7) is 0. The van der Waals surface area contributed by atoms with Gasteiger partial charge in [0.05, 0.1) is 0 Å². The van der Waals surface area contributed by atoms with Gasteiger partial charge in [0.15, 0.2) is 0 Å². The molecule has 0 aliphatic rings. The van der Waals surface area contributed by atoms with E-state index in [1.807, 2.05) is 30.3 Å². The van der Waals surface area contributed by atoms with Crippen LogP contribution in [-0.4, -0.2) is 11.7 Å². The van der Waals surface area contributed by atoms with Crippen molar-refractivity contribution in [3.63, 3.8) is 0 Å². The number of carbonyl (C=O) groups excluding carboxylic acids is 1. The zero-order chi connectivity index (χ0) is 14.4. The lowest BCUT2D eigenvalue weighted by molar-refractivity contribution is -0.115. The minimum atomic E-state index is -0.0331. The molecule has 3 N–H and O–H groups in total. The van der Waals surface area contributed by atoms with Crippen LogP contribution in [0.5, 0.6) is 0 Å². The second-order valence-electron chi connectivity index (χ2n) is 4.19. The van der Waals surface area contributed by atoms with Crippen LogP contribution >= 0.6 is 23.4 Å². The van der Waals surface area contributed by atoms with Crippen LogP contribution in [0, 0.1) is 0 Å². The summed E-state index contributed by atoms with van der Waals surface area (Å²) in [6, 6.07) is 14.7. The molecule has 0 fully saturated rings. The molecule has 0 unspecified atom stereocenters. The molecule has 0 bridgehead atoms. The first-order valence-electron chi connectivity index (χ1n) is 6.18. The van der Waals surface area contributed by atoms with E-state index in [9.17, 15) is 4.79 Å². The van der Waals surface area contributed by atoms with Gasteiger partial charge in [-0.25, -0.2) is 0 Å². The number of nitrogens with two attached hydrogens (primary N) is 1. The van der Waals surface area contributed by atoms with Crippen molar-refractivity contribution >= 4 is 40.6 Å². The number of hydrogen-bond donors (Lipinski definition) is 2. The van der Waals surface area contributed by atoms with Crippen LogP contribution in [0.25, 0.3) is 0 Å². The van der Waals surface area contributed by atoms with Crippen molar-refractivity contribution in [1.29, 1.82) is 0 Å². The molecule has 1 amide bonds. The molecule has 20 heavy (non-hydrogen) atoms. The van der Waals surface area contributed by atoms with Crippen molar-refractivity contribution in [2.45, 2.75) is 11.3 Å². The smallest absolute Gasteiger partial charge is 0.225 e. The lowest BCUT2D eigenvalue weighted by Crippen LogP contribution is -2.12. The van der Waals surface area contributed by atoms with Crippen molar-refractivity contribution in [3.8, 4) is 0 Å². The predicted molar refractivity (Wildman–Crippen MR) is 86.3 cm³/mol. The molecule has 0 aliphatic heterocycles. The van der Waals surface area contributed by atoms with Crippen LogP contribution in [0.1, 0.15) is 6.42 Å². The normalized spacial score (nSPS) is 10.2. The molecule has 2 aromatic carbocycles. The largest absolute Gasteiger partial charge is 0.398 e. The Bertz CT molecular complexity index is 604. The van der Waals surface area contributed by atoms with Gasteiger partial charge in [-0.15, -0.1) is 11.8 Å². The van der Waals surface area contributed by atoms with Crippen LogP contribution in [0.4, 0.5) is 11.4 Å². The third-order valence-corrected chi connectivity index (χ3v) is 3.94. The molecule has 0 spiro atoms. The number of nitrogen functional groups attached to an aromatic ring is 1. The van der Waals surface area contributed by atoms with Gasteiger partial charge in [-0.3, -0.25) is 4.79 Å². The standard InChI is InChI=1S/C15H15ClN2OS/c16-11-4-3-5-12(10-11)18-15(19)8-9-20-14-7-2-1-6-13(14)17/h1-7,10H,8-9,17H2,(H,18,19). The lowest BCUT2D eigenvalue weighted by Gasteiger charge is -2.06. The Kier molecular flexibility index (Phi) is 5.32. The van der Waals surface area contributed by atoms with Gasteiger partial charge < -0.3 is 11.1 Å². The number of carbonyl (C=O) groups is 1. The molecule has 5 heteroatoms. The van der Waals surface area contributed by atoms with E-state index in [-0.39, 0.29) is 5.91 Å². The van der Waals surface area contributed by atoms with Crippen LogP contribution in [0.3, 0.4) is 0 Å². The Morgan fingerprint density at radius 1 is 1.20 bits per heavy atom. The molecule has 2 aromatic rings. The SMILES string of the molecule is Nc1ccccc1SCCC(=O)Nc1cccc(Cl)c1. The summed E-state index contributed by atoms with van der Waals surface area (Å²) in [5.74, 6) is 0.648. The van der Waals surface area contributed by atoms with E-state index in [4.69, 9.17) is 17.3 Å². The van der Waals surface area contributed by atoms with E-state index in [0.717, 1.165) is 10.6 Å². The zero-order valence-electron chi connectivity index (χ0n) is 10.8. The molecule has 3 nitrogen and oxygen atoms in total. The first kappa shape index (κ1) is 14.8. The summed E-state index contributed by atoms with van der Waals surface area (Å²) in [5, 5.41) is 3.42. The van der Waals surface area contributed by atoms with Gasteiger partial charge in [-0.1, -0.05) is 29.8 Å². The maximum atomic E-state index is 11.8. The van der Waals surface area contributed by atoms with Gasteiger partial charge in [0, 0.05) is 33.5 Å². The number of rotatable bonds is 5. The summed E-state index contributed by atoms with van der Waals surface area (Å²) >= 11 is 7.44. The fourth-order valence-corrected chi connectivity index (χ4v) is 2.76. The highest BCUT2D eigenvalue weighted by molar-refractivity contribution is 7.99. The molecule has 0 saturated carbocycles. The minimum Gasteiger partial charge on any atom is -0.398 e. The third kappa shape index (κ3) is 4.47. The Balaban J connectivity index is 1.80. The number of anilines is 2. The summed E-state index contributed by atoms with van der Waals surface area (Å²) < 4.78 is 0. The maximum Gasteiger partial charge on any atom is 0.225 e. The molecular formula is C15H15ClN2OS. The predicted octanol–water partition coefficient (Wildman–Crippen LogP) is 4.04. The highest BCUT2D eigenvalue weighted by atomic mass is 35.5. The van der Waals surface area contributed by atoms with Crippen molar-refractivity contribution in [2.75, 3.05) is 16.8 Å². The molecular weight excluding hydrogens is 292 g/mol. The Hall–Kier alpha value is -1.65. The number of thioether (sulfide) groups is 1. The Morgan fingerprint density at radius 2 is 2.00 bits per heavy atom. The maximum absolute atomic E-state index is 11.8. The van der Waals surface area contributed by atoms with Crippen LogP contribution in [-0.2, 0) is 4.79 Å². The Morgan fingerprint density at radius 3 is 2.75 bits per heavy atom. The topological polar surface area (TPSA) is 55.1 Å². The fraction of sp³-hybridized carbons (Fsp3) is 0.133. The van der Waals surface area contributed by atoms with Crippen molar-refractivity contribution in [2.24, 2.45) is 0 Å². The molecule has 0 aliphatic carbocycles. The fourth-order valence-electron chi connectivity index (χ4n) is 1.66. The van der Waals surface area contributed by atoms with E-state index in [1.165, 1.54) is 0 Å². The molecule has 0 aromatic heterocycles. The van der Waals surface area contributed by atoms with E-state index in [0.29, 0.717) is 22.9 Å². The van der Waals surface area contributed by atoms with Gasteiger partial charge in [-0.2, -0.15) is 0 Å². The van der Waals surface area contributed by atoms with Gasteiger partial charge in [0.2, 0.25) is 5.91 Å². The zero-order valence-corrected chi connectivity index (χ0v) is 12.4. The summed E-state index contributed by atoms with van der Waals surface area (Å²) in [4.78, 5) is 12.8. The number of amides is 1. The van der Waals surface area contributed by atoms with Crippen molar-refractivity contribution in [1.82, 2.24) is 0 Å². The second kappa shape index (κ2) is 7.22. The van der Waals surface area contributed by atoms with Gasteiger partial charge in [-0.05, 0) is 30.3 Å². The minimum absolute atomic E-state index is 0.0331. The molecule has 0 atom stereocenters. The van der Waals surface area contributed by atoms with Crippen LogP contribution < -0.4 is 11.1 Å². The summed E-state index contributed by atoms with van der Waals surface area (Å²) in [6.07, 6.45) is 0.422. The van der Waals surface area contributed by atoms with Crippen LogP contribution in [0.2, 0.25) is 5.02 Å². The second-order valence-corrected chi connectivity index (χ2v) is 5.77. The first-order valence-corrected chi connectivity index (χ1v) is 7.54. The molecule has 104 valence electrons. The Labute approximate surface area is 127 Å². The highest BCUT2D eigenvalue weighted by Gasteiger charge is 2.04. The summed E-state index contributed by atoms with van der Waals surface area (Å²) in [7, 11) is 0. The number of para-hydroxylation sites is 1. The monoisotopic (exact) mass is 306 g/mol. The number of nitrogens with one attached hydrogen (secondary N) is 1. The number of hydrogen-bond acceptors (Lipinski definition) is 3. The molecule has 0 radical (unpaired) electrons. The lowest BCUT2D eigenvalue weighted by atomic mass is 10.3. The molecule has 0 heterocycles. The van der Waals surface area contributed by atoms with Crippen LogP contribution in [0.15, 0.2) is 53.4 Å². The van der Waals surface area contributed by atoms with Gasteiger partial charge >= 0.3 is 0 Å². The highest BCUT2D eigenvalue weighted by Crippen LogP contribution is 2.25. The number of halogens is 1. The summed E-state index contributed by atoms with van der Waals surface area (Å²) in [5.41, 5.74) is 7.30. The number of benzene rings is 2. The van der Waals surface area contributed by atoms with E-state index >= 15 is 0 Å². The first-order chi connectivity index (χ1) is 9.65. The molecule has 0 saturated heterocycles. The van der Waals surface area contributed by atoms with Gasteiger partial charge in [0.1, 0.15) is 0 Å². The van der Waals surface area contributed by atoms with Crippen molar-refractivity contribution < 1.29 is 4.79 Å². The van der Waals surface area contributed by atoms with Gasteiger partial charge in [0.25, 0.3) is 0 Å². The van der Waals surface area contributed by atoms with Crippen molar-refractivity contribution in [3.05, 3.63) is 53.6 Å². The third-order valence-electron chi connectivity index (χ3n) is 2.61. The van der Waals surface area contributed by atoms with E-state index < -0.39 is 0 Å². The van der Waals surface area contributed by atoms with E-state index in [2.05, 4.69) is 5.32 Å². The quantitative estimate of drug-likeness (QED) is 0.647. The average Bonchev–Trinajstić information content (AvgIpc) is 2.41.